The first-order chi connectivity index (χ1) is 10.0. The molecule has 0 spiro atoms. The van der Waals surface area contributed by atoms with Crippen LogP contribution >= 0.6 is 0 Å². The molecular weight excluding hydrogens is 262 g/mol. The maximum absolute atomic E-state index is 12.7. The van der Waals surface area contributed by atoms with E-state index in [-0.39, 0.29) is 0 Å². The summed E-state index contributed by atoms with van der Waals surface area (Å²) in [5, 5.41) is 10.4. The zero-order valence-electron chi connectivity index (χ0n) is 12.9. The smallest absolute Gasteiger partial charge is 0.223 e. The highest BCUT2D eigenvalue weighted by Gasteiger charge is 2.55. The van der Waals surface area contributed by atoms with Gasteiger partial charge in [-0.1, -0.05) is 0 Å². The molecule has 0 atom stereocenters. The highest BCUT2D eigenvalue weighted by molar-refractivity contribution is 5.78. The predicted molar refractivity (Wildman–Crippen MR) is 79.5 cm³/mol. The number of hydrogen-bond acceptors (Lipinski definition) is 2. The topological polar surface area (TPSA) is 40.5 Å². The van der Waals surface area contributed by atoms with Gasteiger partial charge in [0.1, 0.15) is 5.60 Å². The summed E-state index contributed by atoms with van der Waals surface area (Å²) < 4.78 is 0. The molecule has 6 fully saturated rings. The van der Waals surface area contributed by atoms with E-state index in [1.807, 2.05) is 4.90 Å². The van der Waals surface area contributed by atoms with Crippen molar-refractivity contribution in [1.82, 2.24) is 4.90 Å². The van der Waals surface area contributed by atoms with Gasteiger partial charge >= 0.3 is 0 Å². The first-order valence-electron chi connectivity index (χ1n) is 9.04. The van der Waals surface area contributed by atoms with E-state index >= 15 is 0 Å². The Labute approximate surface area is 127 Å². The molecule has 3 nitrogen and oxygen atoms in total. The third kappa shape index (κ3) is 1.99. The molecular formula is C18H27NO2. The van der Waals surface area contributed by atoms with Crippen LogP contribution in [-0.2, 0) is 4.79 Å². The predicted octanol–water partition coefficient (Wildman–Crippen LogP) is 2.58. The number of carbonyl (C=O) groups is 1. The maximum atomic E-state index is 12.7. The van der Waals surface area contributed by atoms with Crippen molar-refractivity contribution in [2.45, 2.75) is 63.4 Å². The monoisotopic (exact) mass is 289 g/mol. The molecule has 5 aliphatic carbocycles. The van der Waals surface area contributed by atoms with Gasteiger partial charge in [0.2, 0.25) is 5.91 Å². The summed E-state index contributed by atoms with van der Waals surface area (Å²) in [7, 11) is 0. The van der Waals surface area contributed by atoms with Crippen LogP contribution in [0.1, 0.15) is 57.8 Å². The van der Waals surface area contributed by atoms with Crippen molar-refractivity contribution in [3.63, 3.8) is 0 Å². The van der Waals surface area contributed by atoms with Crippen LogP contribution in [0.15, 0.2) is 0 Å². The van der Waals surface area contributed by atoms with Crippen LogP contribution in [0.4, 0.5) is 0 Å². The van der Waals surface area contributed by atoms with Crippen molar-refractivity contribution in [2.75, 3.05) is 13.1 Å². The number of carbonyl (C=O) groups excluding carboxylic acids is 1. The van der Waals surface area contributed by atoms with Gasteiger partial charge in [-0.2, -0.15) is 0 Å². The van der Waals surface area contributed by atoms with E-state index < -0.39 is 5.60 Å². The molecule has 3 heteroatoms. The van der Waals surface area contributed by atoms with Gasteiger partial charge < -0.3 is 10.0 Å². The number of nitrogens with zero attached hydrogens (tertiary/aromatic N) is 1. The molecule has 1 saturated heterocycles. The Morgan fingerprint density at radius 1 is 1.00 bits per heavy atom. The number of rotatable bonds is 3. The first-order valence-corrected chi connectivity index (χ1v) is 9.04. The molecule has 4 bridgehead atoms. The lowest BCUT2D eigenvalue weighted by molar-refractivity contribution is -0.165. The Kier molecular flexibility index (Phi) is 2.48. The van der Waals surface area contributed by atoms with E-state index in [9.17, 15) is 9.90 Å². The van der Waals surface area contributed by atoms with E-state index in [0.29, 0.717) is 30.3 Å². The number of aliphatic hydroxyl groups is 1. The van der Waals surface area contributed by atoms with Gasteiger partial charge in [0, 0.05) is 6.42 Å². The quantitative estimate of drug-likeness (QED) is 0.867. The molecule has 0 aromatic rings. The van der Waals surface area contributed by atoms with Gasteiger partial charge in [-0.25, -0.2) is 0 Å². The van der Waals surface area contributed by atoms with Crippen LogP contribution in [0.25, 0.3) is 0 Å². The lowest BCUT2D eigenvalue weighted by Crippen LogP contribution is -2.65. The van der Waals surface area contributed by atoms with Crippen molar-refractivity contribution in [2.24, 2.45) is 29.1 Å². The minimum absolute atomic E-state index is 0.335. The molecule has 1 amide bonds. The summed E-state index contributed by atoms with van der Waals surface area (Å²) in [6.07, 6.45) is 11.4. The highest BCUT2D eigenvalue weighted by Crippen LogP contribution is 2.61. The van der Waals surface area contributed by atoms with Gasteiger partial charge in [0.05, 0.1) is 13.1 Å². The summed E-state index contributed by atoms with van der Waals surface area (Å²) in [5.74, 6) is 3.58. The number of likely N-dealkylation sites (tertiary alicyclic amines) is 1. The highest BCUT2D eigenvalue weighted by atomic mass is 16.3. The summed E-state index contributed by atoms with van der Waals surface area (Å²) >= 11 is 0. The van der Waals surface area contributed by atoms with Crippen molar-refractivity contribution < 1.29 is 9.90 Å². The first kappa shape index (κ1) is 12.9. The average molecular weight is 289 g/mol. The zero-order chi connectivity index (χ0) is 14.2. The van der Waals surface area contributed by atoms with Crippen molar-refractivity contribution in [3.05, 3.63) is 0 Å². The van der Waals surface area contributed by atoms with Crippen LogP contribution in [-0.4, -0.2) is 34.6 Å². The number of hydrogen-bond donors (Lipinski definition) is 1. The van der Waals surface area contributed by atoms with E-state index in [0.717, 1.165) is 37.0 Å². The lowest BCUT2D eigenvalue weighted by Gasteiger charge is -2.57. The fourth-order valence-electron chi connectivity index (χ4n) is 6.61. The molecule has 6 rings (SSSR count). The molecule has 0 aromatic carbocycles. The molecule has 0 radical (unpaired) electrons. The number of β-amino-alcohol motifs (C(OH)–C–C–N with tert-alkyl or cyclic N) is 1. The minimum Gasteiger partial charge on any atom is -0.386 e. The second-order valence-electron chi connectivity index (χ2n) is 9.22. The summed E-state index contributed by atoms with van der Waals surface area (Å²) in [4.78, 5) is 14.6. The summed E-state index contributed by atoms with van der Waals surface area (Å²) in [5.41, 5.74) is -0.170. The summed E-state index contributed by atoms with van der Waals surface area (Å²) in [6.45, 7) is 1.23. The zero-order valence-corrected chi connectivity index (χ0v) is 12.9. The van der Waals surface area contributed by atoms with Gasteiger partial charge in [-0.15, -0.1) is 0 Å². The van der Waals surface area contributed by atoms with Crippen LogP contribution in [0, 0.1) is 29.1 Å². The SMILES string of the molecule is O=C(CC12CC3CC(CC(C3)C1)C2)N1CC(O)(C2CC2)C1. The minimum atomic E-state index is -0.517. The fraction of sp³-hybridized carbons (Fsp3) is 0.944. The molecule has 21 heavy (non-hydrogen) atoms. The molecule has 6 aliphatic rings. The Hall–Kier alpha value is -0.570. The van der Waals surface area contributed by atoms with E-state index in [1.165, 1.54) is 38.5 Å². The normalized spacial score (nSPS) is 46.5. The molecule has 0 unspecified atom stereocenters. The molecule has 1 aliphatic heterocycles. The van der Waals surface area contributed by atoms with E-state index in [1.54, 1.807) is 0 Å². The summed E-state index contributed by atoms with van der Waals surface area (Å²) in [6, 6.07) is 0. The molecule has 116 valence electrons. The van der Waals surface area contributed by atoms with Crippen LogP contribution in [0.2, 0.25) is 0 Å². The largest absolute Gasteiger partial charge is 0.386 e. The van der Waals surface area contributed by atoms with Gasteiger partial charge in [-0.3, -0.25) is 4.79 Å². The average Bonchev–Trinajstić information content (AvgIpc) is 3.16. The van der Waals surface area contributed by atoms with Gasteiger partial charge in [-0.05, 0) is 80.5 Å². The van der Waals surface area contributed by atoms with Crippen molar-refractivity contribution in [1.29, 1.82) is 0 Å². The third-order valence-corrected chi connectivity index (χ3v) is 7.31. The standard InChI is InChI=1S/C18H27NO2/c20-16(19-10-18(21,11-19)15-1-2-15)9-17-6-12-3-13(7-17)5-14(4-12)8-17/h12-15,21H,1-11H2. The Bertz CT molecular complexity index is 440. The molecule has 0 aromatic heterocycles. The second kappa shape index (κ2) is 4.04. The second-order valence-corrected chi connectivity index (χ2v) is 9.22. The fourth-order valence-corrected chi connectivity index (χ4v) is 6.61. The Balaban J connectivity index is 1.25. The van der Waals surface area contributed by atoms with Crippen molar-refractivity contribution >= 4 is 5.91 Å². The van der Waals surface area contributed by atoms with Gasteiger partial charge in [0.15, 0.2) is 0 Å². The molecule has 1 N–H and O–H groups in total. The van der Waals surface area contributed by atoms with Crippen LogP contribution < -0.4 is 0 Å². The Morgan fingerprint density at radius 3 is 2.00 bits per heavy atom. The number of amides is 1. The maximum Gasteiger partial charge on any atom is 0.223 e. The van der Waals surface area contributed by atoms with E-state index in [4.69, 9.17) is 0 Å². The van der Waals surface area contributed by atoms with E-state index in [2.05, 4.69) is 0 Å². The Morgan fingerprint density at radius 2 is 1.52 bits per heavy atom. The third-order valence-electron chi connectivity index (χ3n) is 7.31. The van der Waals surface area contributed by atoms with Gasteiger partial charge in [0.25, 0.3) is 0 Å². The van der Waals surface area contributed by atoms with Crippen LogP contribution in [0.3, 0.4) is 0 Å². The van der Waals surface area contributed by atoms with Crippen LogP contribution in [0.5, 0.6) is 0 Å². The molecule has 5 saturated carbocycles. The van der Waals surface area contributed by atoms with Crippen molar-refractivity contribution in [3.8, 4) is 0 Å². The molecule has 1 heterocycles. The lowest BCUT2D eigenvalue weighted by atomic mass is 9.49.